The maximum Gasteiger partial charge on any atom is 0.261 e. The highest BCUT2D eigenvalue weighted by atomic mass is 32.2. The first-order valence-electron chi connectivity index (χ1n) is 9.52. The third-order valence-electron chi connectivity index (χ3n) is 4.76. The van der Waals surface area contributed by atoms with Crippen LogP contribution in [0.1, 0.15) is 42.3 Å². The molecule has 0 radical (unpaired) electrons. The van der Waals surface area contributed by atoms with E-state index in [-0.39, 0.29) is 16.1 Å². The van der Waals surface area contributed by atoms with E-state index >= 15 is 0 Å². The Morgan fingerprint density at radius 3 is 2.07 bits per heavy atom. The van der Waals surface area contributed by atoms with Gasteiger partial charge in [0.15, 0.2) is 5.78 Å². The first kappa shape index (κ1) is 21.6. The van der Waals surface area contributed by atoms with Crippen molar-refractivity contribution < 1.29 is 17.9 Å². The van der Waals surface area contributed by atoms with Crippen LogP contribution in [0.3, 0.4) is 0 Å². The molecule has 0 aliphatic rings. The highest BCUT2D eigenvalue weighted by molar-refractivity contribution is 7.92. The van der Waals surface area contributed by atoms with E-state index in [1.165, 1.54) is 19.2 Å². The smallest absolute Gasteiger partial charge is 0.261 e. The Morgan fingerprint density at radius 1 is 0.867 bits per heavy atom. The lowest BCUT2D eigenvalue weighted by atomic mass is 9.86. The number of ketones is 1. The average Bonchev–Trinajstić information content (AvgIpc) is 2.72. The van der Waals surface area contributed by atoms with Crippen LogP contribution in [0, 0.1) is 0 Å². The van der Waals surface area contributed by atoms with Crippen molar-refractivity contribution in [2.45, 2.75) is 31.1 Å². The number of methoxy groups -OCH3 is 1. The van der Waals surface area contributed by atoms with Gasteiger partial charge < -0.3 is 4.74 Å². The van der Waals surface area contributed by atoms with Crippen molar-refractivity contribution in [1.82, 2.24) is 0 Å². The minimum atomic E-state index is -3.78. The standard InChI is InChI=1S/C24H25NO4S/c1-24(2,3)19-10-8-17(9-11-19)23(26)18-6-5-7-20(16-18)25-30(27,28)22-14-12-21(29-4)13-15-22/h5-16,25H,1-4H3. The summed E-state index contributed by atoms with van der Waals surface area (Å²) >= 11 is 0. The molecule has 1 N–H and O–H groups in total. The van der Waals surface area contributed by atoms with Crippen LogP contribution in [-0.2, 0) is 15.4 Å². The first-order chi connectivity index (χ1) is 14.1. The number of hydrogen-bond acceptors (Lipinski definition) is 4. The van der Waals surface area contributed by atoms with Gasteiger partial charge >= 0.3 is 0 Å². The molecule has 0 aromatic heterocycles. The zero-order chi connectivity index (χ0) is 21.9. The van der Waals surface area contributed by atoms with Gasteiger partial charge in [0, 0.05) is 16.8 Å². The van der Waals surface area contributed by atoms with Gasteiger partial charge in [0.1, 0.15) is 5.75 Å². The predicted molar refractivity (Wildman–Crippen MR) is 119 cm³/mol. The summed E-state index contributed by atoms with van der Waals surface area (Å²) in [7, 11) is -2.27. The van der Waals surface area contributed by atoms with E-state index in [2.05, 4.69) is 25.5 Å². The minimum absolute atomic E-state index is 0.00122. The second-order valence-electron chi connectivity index (χ2n) is 8.02. The molecule has 0 aliphatic heterocycles. The molecule has 0 heterocycles. The average molecular weight is 424 g/mol. The van der Waals surface area contributed by atoms with Crippen molar-refractivity contribution in [3.63, 3.8) is 0 Å². The summed E-state index contributed by atoms with van der Waals surface area (Å²) in [5, 5.41) is 0. The second kappa shape index (κ2) is 8.32. The third kappa shape index (κ3) is 4.89. The molecule has 3 aromatic carbocycles. The van der Waals surface area contributed by atoms with E-state index in [0.29, 0.717) is 22.6 Å². The minimum Gasteiger partial charge on any atom is -0.497 e. The molecule has 0 amide bonds. The van der Waals surface area contributed by atoms with Gasteiger partial charge in [-0.1, -0.05) is 57.2 Å². The summed E-state index contributed by atoms with van der Waals surface area (Å²) in [6.45, 7) is 6.34. The fraction of sp³-hybridized carbons (Fsp3) is 0.208. The Hall–Kier alpha value is -3.12. The fourth-order valence-corrected chi connectivity index (χ4v) is 4.03. The van der Waals surface area contributed by atoms with Crippen molar-refractivity contribution in [2.75, 3.05) is 11.8 Å². The number of carbonyl (C=O) groups excluding carboxylic acids is 1. The lowest BCUT2D eigenvalue weighted by Crippen LogP contribution is -2.13. The van der Waals surface area contributed by atoms with Crippen molar-refractivity contribution >= 4 is 21.5 Å². The fourth-order valence-electron chi connectivity index (χ4n) is 2.98. The van der Waals surface area contributed by atoms with Gasteiger partial charge in [-0.25, -0.2) is 8.42 Å². The van der Waals surface area contributed by atoms with Gasteiger partial charge in [0.25, 0.3) is 10.0 Å². The molecule has 3 rings (SSSR count). The Bertz CT molecular complexity index is 1140. The topological polar surface area (TPSA) is 72.5 Å². The summed E-state index contributed by atoms with van der Waals surface area (Å²) in [6.07, 6.45) is 0. The zero-order valence-corrected chi connectivity index (χ0v) is 18.3. The van der Waals surface area contributed by atoms with Gasteiger partial charge in [-0.15, -0.1) is 0 Å². The molecule has 0 bridgehead atoms. The monoisotopic (exact) mass is 423 g/mol. The highest BCUT2D eigenvalue weighted by Crippen LogP contribution is 2.24. The van der Waals surface area contributed by atoms with Crippen molar-refractivity contribution in [3.05, 3.63) is 89.5 Å². The summed E-state index contributed by atoms with van der Waals surface area (Å²) in [4.78, 5) is 13.0. The summed E-state index contributed by atoms with van der Waals surface area (Å²) in [6, 6.07) is 20.1. The molecule has 0 atom stereocenters. The number of benzene rings is 3. The molecular weight excluding hydrogens is 398 g/mol. The molecule has 0 unspecified atom stereocenters. The van der Waals surface area contributed by atoms with Crippen LogP contribution in [0.5, 0.6) is 5.75 Å². The van der Waals surface area contributed by atoms with Gasteiger partial charge in [0.05, 0.1) is 12.0 Å². The van der Waals surface area contributed by atoms with Gasteiger partial charge in [0.2, 0.25) is 0 Å². The Balaban J connectivity index is 1.82. The third-order valence-corrected chi connectivity index (χ3v) is 6.16. The zero-order valence-electron chi connectivity index (χ0n) is 17.5. The molecule has 0 saturated carbocycles. The Morgan fingerprint density at radius 2 is 1.50 bits per heavy atom. The second-order valence-corrected chi connectivity index (χ2v) is 9.70. The number of anilines is 1. The van der Waals surface area contributed by atoms with Crippen molar-refractivity contribution in [3.8, 4) is 5.75 Å². The van der Waals surface area contributed by atoms with E-state index < -0.39 is 10.0 Å². The number of rotatable bonds is 6. The lowest BCUT2D eigenvalue weighted by Gasteiger charge is -2.19. The van der Waals surface area contributed by atoms with Crippen molar-refractivity contribution in [1.29, 1.82) is 0 Å². The summed E-state index contributed by atoms with van der Waals surface area (Å²) < 4.78 is 32.9. The number of nitrogens with one attached hydrogen (secondary N) is 1. The maximum atomic E-state index is 12.9. The largest absolute Gasteiger partial charge is 0.497 e. The molecule has 0 aliphatic carbocycles. The Labute approximate surface area is 177 Å². The van der Waals surface area contributed by atoms with E-state index in [9.17, 15) is 13.2 Å². The van der Waals surface area contributed by atoms with E-state index in [1.54, 1.807) is 48.5 Å². The van der Waals surface area contributed by atoms with Crippen LogP contribution in [0.2, 0.25) is 0 Å². The SMILES string of the molecule is COc1ccc(S(=O)(=O)Nc2cccc(C(=O)c3ccc(C(C)(C)C)cc3)c2)cc1. The molecule has 0 fully saturated rings. The molecule has 30 heavy (non-hydrogen) atoms. The maximum absolute atomic E-state index is 12.9. The lowest BCUT2D eigenvalue weighted by molar-refractivity contribution is 0.103. The van der Waals surface area contributed by atoms with Crippen molar-refractivity contribution in [2.24, 2.45) is 0 Å². The van der Waals surface area contributed by atoms with E-state index in [4.69, 9.17) is 4.74 Å². The summed E-state index contributed by atoms with van der Waals surface area (Å²) in [5.74, 6) is 0.403. The van der Waals surface area contributed by atoms with Crippen LogP contribution in [0.4, 0.5) is 5.69 Å². The number of carbonyl (C=O) groups is 1. The first-order valence-corrected chi connectivity index (χ1v) is 11.0. The van der Waals surface area contributed by atoms with Crippen LogP contribution in [0.25, 0.3) is 0 Å². The van der Waals surface area contributed by atoms with E-state index in [1.807, 2.05) is 12.1 Å². The molecule has 0 saturated heterocycles. The normalized spacial score (nSPS) is 11.7. The molecule has 156 valence electrons. The number of hydrogen-bond donors (Lipinski definition) is 1. The van der Waals surface area contributed by atoms with Gasteiger partial charge in [-0.2, -0.15) is 0 Å². The molecule has 6 heteroatoms. The number of sulfonamides is 1. The molecule has 3 aromatic rings. The van der Waals surface area contributed by atoms with Crippen LogP contribution >= 0.6 is 0 Å². The van der Waals surface area contributed by atoms with Gasteiger partial charge in [-0.3, -0.25) is 9.52 Å². The van der Waals surface area contributed by atoms with E-state index in [0.717, 1.165) is 5.56 Å². The highest BCUT2D eigenvalue weighted by Gasteiger charge is 2.17. The molecular formula is C24H25NO4S. The molecule has 0 spiro atoms. The van der Waals surface area contributed by atoms with Gasteiger partial charge in [-0.05, 0) is 47.4 Å². The summed E-state index contributed by atoms with van der Waals surface area (Å²) in [5.41, 5.74) is 2.43. The quantitative estimate of drug-likeness (QED) is 0.565. The van der Waals surface area contributed by atoms with Crippen LogP contribution < -0.4 is 9.46 Å². The van der Waals surface area contributed by atoms with Crippen LogP contribution in [0.15, 0.2) is 77.7 Å². The number of ether oxygens (including phenoxy) is 1. The predicted octanol–water partition coefficient (Wildman–Crippen LogP) is 5.02. The van der Waals surface area contributed by atoms with Crippen LogP contribution in [-0.4, -0.2) is 21.3 Å². The molecule has 5 nitrogen and oxygen atoms in total. The Kier molecular flexibility index (Phi) is 5.99.